The Morgan fingerprint density at radius 3 is 2.90 bits per heavy atom. The zero-order valence-corrected chi connectivity index (χ0v) is 11.7. The van der Waals surface area contributed by atoms with Crippen LogP contribution in [0.1, 0.15) is 26.2 Å². The van der Waals surface area contributed by atoms with Crippen LogP contribution in [0.4, 0.5) is 11.5 Å². The Morgan fingerprint density at radius 1 is 1.35 bits per heavy atom. The third-order valence-corrected chi connectivity index (χ3v) is 4.49. The summed E-state index contributed by atoms with van der Waals surface area (Å²) in [4.78, 5) is 28.4. The van der Waals surface area contributed by atoms with Gasteiger partial charge in [0, 0.05) is 25.2 Å². The standard InChI is InChI=1S/C13H21N5O2/c1-2-18-11(14)10(12(19)16-13(18)20)15-8-5-7-17-6-3-4-9(8)17/h8-9,15H,2-7,14H2,1H3,(H,16,19,20). The molecule has 0 saturated carbocycles. The molecule has 2 atom stereocenters. The van der Waals surface area contributed by atoms with Crippen LogP contribution in [0.5, 0.6) is 0 Å². The molecule has 2 saturated heterocycles. The van der Waals surface area contributed by atoms with Crippen molar-refractivity contribution in [1.29, 1.82) is 0 Å². The first-order chi connectivity index (χ1) is 9.61. The average molecular weight is 279 g/mol. The highest BCUT2D eigenvalue weighted by Gasteiger charge is 2.37. The Balaban J connectivity index is 1.91. The largest absolute Gasteiger partial charge is 0.383 e. The predicted octanol–water partition coefficient (Wildman–Crippen LogP) is -0.213. The van der Waals surface area contributed by atoms with Crippen LogP contribution >= 0.6 is 0 Å². The molecule has 7 nitrogen and oxygen atoms in total. The summed E-state index contributed by atoms with van der Waals surface area (Å²) < 4.78 is 1.38. The molecule has 3 rings (SSSR count). The Kier molecular flexibility index (Phi) is 3.29. The van der Waals surface area contributed by atoms with Gasteiger partial charge in [-0.3, -0.25) is 19.2 Å². The van der Waals surface area contributed by atoms with Crippen molar-refractivity contribution in [3.8, 4) is 0 Å². The number of nitrogens with zero attached hydrogens (tertiary/aromatic N) is 2. The lowest BCUT2D eigenvalue weighted by molar-refractivity contribution is 0.318. The Hall–Kier alpha value is -1.76. The molecule has 0 aromatic carbocycles. The molecule has 0 radical (unpaired) electrons. The van der Waals surface area contributed by atoms with Gasteiger partial charge in [0.1, 0.15) is 11.5 Å². The summed E-state index contributed by atoms with van der Waals surface area (Å²) in [6, 6.07) is 0.722. The van der Waals surface area contributed by atoms with E-state index in [0.717, 1.165) is 25.9 Å². The summed E-state index contributed by atoms with van der Waals surface area (Å²) in [5, 5.41) is 3.28. The summed E-state index contributed by atoms with van der Waals surface area (Å²) >= 11 is 0. The number of nitrogens with two attached hydrogens (primary N) is 1. The molecule has 7 heteroatoms. The van der Waals surface area contributed by atoms with Crippen LogP contribution in [-0.2, 0) is 6.54 Å². The number of anilines is 2. The van der Waals surface area contributed by atoms with Gasteiger partial charge in [-0.25, -0.2) is 4.79 Å². The third kappa shape index (κ3) is 2.02. The van der Waals surface area contributed by atoms with E-state index < -0.39 is 11.2 Å². The van der Waals surface area contributed by atoms with E-state index in [1.807, 2.05) is 6.92 Å². The van der Waals surface area contributed by atoms with Gasteiger partial charge in [-0.2, -0.15) is 0 Å². The molecule has 2 unspecified atom stereocenters. The molecule has 2 aliphatic rings. The predicted molar refractivity (Wildman–Crippen MR) is 78.0 cm³/mol. The van der Waals surface area contributed by atoms with Crippen molar-refractivity contribution in [2.24, 2.45) is 0 Å². The topological polar surface area (TPSA) is 96.2 Å². The van der Waals surface area contributed by atoms with Crippen molar-refractivity contribution in [3.05, 3.63) is 20.8 Å². The van der Waals surface area contributed by atoms with Crippen molar-refractivity contribution in [1.82, 2.24) is 14.5 Å². The fraction of sp³-hybridized carbons (Fsp3) is 0.692. The highest BCUT2D eigenvalue weighted by molar-refractivity contribution is 5.61. The van der Waals surface area contributed by atoms with Crippen LogP contribution in [-0.4, -0.2) is 39.6 Å². The molecule has 20 heavy (non-hydrogen) atoms. The number of H-pyrrole nitrogens is 1. The van der Waals surface area contributed by atoms with Gasteiger partial charge in [-0.1, -0.05) is 0 Å². The highest BCUT2D eigenvalue weighted by Crippen LogP contribution is 2.30. The SMILES string of the molecule is CCn1c(N)c(NC2CCN3CCCC23)c(=O)[nH]c1=O. The van der Waals surface area contributed by atoms with Gasteiger partial charge in [0.05, 0.1) is 0 Å². The van der Waals surface area contributed by atoms with Gasteiger partial charge in [-0.05, 0) is 32.7 Å². The molecule has 1 aromatic heterocycles. The Morgan fingerprint density at radius 2 is 2.15 bits per heavy atom. The van der Waals surface area contributed by atoms with Crippen molar-refractivity contribution in [2.45, 2.75) is 44.8 Å². The second kappa shape index (κ2) is 4.97. The number of aromatic amines is 1. The van der Waals surface area contributed by atoms with Crippen LogP contribution in [0.3, 0.4) is 0 Å². The van der Waals surface area contributed by atoms with E-state index in [4.69, 9.17) is 5.73 Å². The lowest BCUT2D eigenvalue weighted by Crippen LogP contribution is -2.39. The zero-order chi connectivity index (χ0) is 14.3. The monoisotopic (exact) mass is 279 g/mol. The summed E-state index contributed by atoms with van der Waals surface area (Å²) in [5.41, 5.74) is 5.44. The lowest BCUT2D eigenvalue weighted by atomic mass is 10.1. The fourth-order valence-corrected chi connectivity index (χ4v) is 3.48. The molecule has 2 fully saturated rings. The first-order valence-electron chi connectivity index (χ1n) is 7.25. The summed E-state index contributed by atoms with van der Waals surface area (Å²) in [6.07, 6.45) is 3.38. The Bertz CT molecular complexity index is 620. The number of fused-ring (bicyclic) bond motifs is 1. The van der Waals surface area contributed by atoms with Crippen LogP contribution in [0.25, 0.3) is 0 Å². The molecule has 1 aromatic rings. The molecular weight excluding hydrogens is 258 g/mol. The number of nitrogens with one attached hydrogen (secondary N) is 2. The molecule has 2 aliphatic heterocycles. The first kappa shape index (κ1) is 13.2. The second-order valence-corrected chi connectivity index (χ2v) is 5.55. The van der Waals surface area contributed by atoms with Crippen LogP contribution < -0.4 is 22.3 Å². The van der Waals surface area contributed by atoms with Crippen molar-refractivity contribution in [3.63, 3.8) is 0 Å². The summed E-state index contributed by atoms with van der Waals surface area (Å²) in [7, 11) is 0. The minimum atomic E-state index is -0.450. The molecule has 0 spiro atoms. The number of hydrogen-bond acceptors (Lipinski definition) is 5. The maximum absolute atomic E-state index is 12.0. The van der Waals surface area contributed by atoms with E-state index in [0.29, 0.717) is 18.3 Å². The fourth-order valence-electron chi connectivity index (χ4n) is 3.48. The molecule has 3 heterocycles. The van der Waals surface area contributed by atoms with E-state index in [1.54, 1.807) is 0 Å². The Labute approximate surface area is 116 Å². The van der Waals surface area contributed by atoms with Gasteiger partial charge in [0.2, 0.25) is 0 Å². The summed E-state index contributed by atoms with van der Waals surface area (Å²) in [5.74, 6) is 0.234. The quantitative estimate of drug-likeness (QED) is 0.711. The minimum Gasteiger partial charge on any atom is -0.383 e. The highest BCUT2D eigenvalue weighted by atomic mass is 16.2. The third-order valence-electron chi connectivity index (χ3n) is 4.49. The van der Waals surface area contributed by atoms with Gasteiger partial charge in [-0.15, -0.1) is 0 Å². The number of aromatic nitrogens is 2. The van der Waals surface area contributed by atoms with Crippen LogP contribution in [0.2, 0.25) is 0 Å². The van der Waals surface area contributed by atoms with Crippen molar-refractivity contribution < 1.29 is 0 Å². The lowest BCUT2D eigenvalue weighted by Gasteiger charge is -2.23. The van der Waals surface area contributed by atoms with E-state index in [1.165, 1.54) is 11.0 Å². The number of hydrogen-bond donors (Lipinski definition) is 3. The molecule has 4 N–H and O–H groups in total. The van der Waals surface area contributed by atoms with Crippen LogP contribution in [0, 0.1) is 0 Å². The molecule has 0 bridgehead atoms. The minimum absolute atomic E-state index is 0.234. The number of nitrogen functional groups attached to an aromatic ring is 1. The van der Waals surface area contributed by atoms with E-state index in [9.17, 15) is 9.59 Å². The summed E-state index contributed by atoms with van der Waals surface area (Å²) in [6.45, 7) is 4.47. The first-order valence-corrected chi connectivity index (χ1v) is 7.25. The average Bonchev–Trinajstić information content (AvgIpc) is 2.98. The normalized spacial score (nSPS) is 25.9. The number of rotatable bonds is 3. The maximum Gasteiger partial charge on any atom is 0.330 e. The van der Waals surface area contributed by atoms with E-state index >= 15 is 0 Å². The van der Waals surface area contributed by atoms with Gasteiger partial charge >= 0.3 is 5.69 Å². The molecule has 0 aliphatic carbocycles. The van der Waals surface area contributed by atoms with E-state index in [-0.39, 0.29) is 11.9 Å². The second-order valence-electron chi connectivity index (χ2n) is 5.55. The van der Waals surface area contributed by atoms with Crippen LogP contribution in [0.15, 0.2) is 9.59 Å². The van der Waals surface area contributed by atoms with Crippen molar-refractivity contribution >= 4 is 11.5 Å². The molecule has 110 valence electrons. The molecule has 0 amide bonds. The smallest absolute Gasteiger partial charge is 0.330 e. The zero-order valence-electron chi connectivity index (χ0n) is 11.7. The van der Waals surface area contributed by atoms with Gasteiger partial charge in [0.25, 0.3) is 5.56 Å². The maximum atomic E-state index is 12.0. The molecular formula is C13H21N5O2. The van der Waals surface area contributed by atoms with E-state index in [2.05, 4.69) is 15.2 Å². The van der Waals surface area contributed by atoms with Gasteiger partial charge < -0.3 is 11.1 Å². The van der Waals surface area contributed by atoms with Crippen molar-refractivity contribution in [2.75, 3.05) is 24.1 Å². The van der Waals surface area contributed by atoms with Gasteiger partial charge in [0.15, 0.2) is 0 Å².